The fourth-order valence-electron chi connectivity index (χ4n) is 3.60. The van der Waals surface area contributed by atoms with Crippen LogP contribution in [0, 0.1) is 5.82 Å². The second-order valence-electron chi connectivity index (χ2n) is 8.13. The predicted octanol–water partition coefficient (Wildman–Crippen LogP) is 4.50. The van der Waals surface area contributed by atoms with E-state index in [2.05, 4.69) is 19.2 Å². The molecule has 34 heavy (non-hydrogen) atoms. The van der Waals surface area contributed by atoms with Crippen LogP contribution in [0.25, 0.3) is 6.08 Å². The summed E-state index contributed by atoms with van der Waals surface area (Å²) in [6.45, 7) is 5.12. The molecule has 7 nitrogen and oxygen atoms in total. The maximum Gasteiger partial charge on any atom is 0.335 e. The smallest absolute Gasteiger partial charge is 0.335 e. The van der Waals surface area contributed by atoms with Crippen LogP contribution < -0.4 is 15.0 Å². The third kappa shape index (κ3) is 4.91. The molecule has 2 heterocycles. The average molecular weight is 461 g/mol. The second kappa shape index (κ2) is 9.74. The van der Waals surface area contributed by atoms with Crippen molar-refractivity contribution in [2.45, 2.75) is 26.3 Å². The number of imide groups is 2. The molecule has 0 radical (unpaired) electrons. The van der Waals surface area contributed by atoms with Gasteiger partial charge in [0.25, 0.3) is 11.8 Å². The summed E-state index contributed by atoms with van der Waals surface area (Å²) in [5.41, 5.74) is 1.80. The van der Waals surface area contributed by atoms with E-state index < -0.39 is 23.7 Å². The number of anilines is 1. The van der Waals surface area contributed by atoms with Crippen molar-refractivity contribution in [2.75, 3.05) is 11.5 Å². The number of hydrogen-bond acceptors (Lipinski definition) is 4. The Bertz CT molecular complexity index is 1240. The number of rotatable bonds is 7. The summed E-state index contributed by atoms with van der Waals surface area (Å²) in [4.78, 5) is 38.5. The molecule has 3 aromatic rings. The monoisotopic (exact) mass is 461 g/mol. The molecule has 8 heteroatoms. The molecule has 0 saturated carbocycles. The molecule has 0 atom stereocenters. The number of halogens is 1. The van der Waals surface area contributed by atoms with Crippen LogP contribution in [0.2, 0.25) is 0 Å². The molecule has 1 aromatic heterocycles. The van der Waals surface area contributed by atoms with Gasteiger partial charge in [0.15, 0.2) is 0 Å². The van der Waals surface area contributed by atoms with E-state index in [1.807, 2.05) is 35.0 Å². The van der Waals surface area contributed by atoms with Crippen molar-refractivity contribution >= 4 is 29.6 Å². The summed E-state index contributed by atoms with van der Waals surface area (Å²) in [7, 11) is 0. The lowest BCUT2D eigenvalue weighted by atomic mass is 10.0. The van der Waals surface area contributed by atoms with Gasteiger partial charge in [-0.1, -0.05) is 26.0 Å². The topological polar surface area (TPSA) is 80.6 Å². The van der Waals surface area contributed by atoms with E-state index in [0.717, 1.165) is 22.8 Å². The summed E-state index contributed by atoms with van der Waals surface area (Å²) in [6.07, 6.45) is 3.24. The number of carbonyl (C=O) groups excluding carboxylic acids is 3. The average Bonchev–Trinajstić information content (AvgIpc) is 3.25. The van der Waals surface area contributed by atoms with Crippen molar-refractivity contribution in [1.82, 2.24) is 9.88 Å². The minimum atomic E-state index is -0.883. The summed E-state index contributed by atoms with van der Waals surface area (Å²) in [5, 5.41) is 2.16. The zero-order valence-electron chi connectivity index (χ0n) is 18.8. The molecule has 1 fully saturated rings. The molecule has 2 aromatic carbocycles. The first-order valence-electron chi connectivity index (χ1n) is 10.9. The van der Waals surface area contributed by atoms with Crippen molar-refractivity contribution in [1.29, 1.82) is 0 Å². The van der Waals surface area contributed by atoms with E-state index in [0.29, 0.717) is 24.8 Å². The van der Waals surface area contributed by atoms with Crippen molar-refractivity contribution < 1.29 is 23.5 Å². The lowest BCUT2D eigenvalue weighted by molar-refractivity contribution is -0.122. The minimum Gasteiger partial charge on any atom is -0.492 e. The van der Waals surface area contributed by atoms with Crippen LogP contribution in [0.15, 0.2) is 72.4 Å². The molecule has 0 spiro atoms. The number of barbiturate groups is 1. The number of nitrogens with one attached hydrogen (secondary N) is 1. The maximum absolute atomic E-state index is 13.3. The van der Waals surface area contributed by atoms with Gasteiger partial charge in [-0.2, -0.15) is 0 Å². The van der Waals surface area contributed by atoms with Crippen LogP contribution in [0.3, 0.4) is 0 Å². The highest BCUT2D eigenvalue weighted by Crippen LogP contribution is 2.23. The quantitative estimate of drug-likeness (QED) is 0.415. The van der Waals surface area contributed by atoms with Crippen LogP contribution in [-0.2, 0) is 16.1 Å². The summed E-state index contributed by atoms with van der Waals surface area (Å²) in [5.74, 6) is -0.876. The maximum atomic E-state index is 13.3. The molecule has 0 bridgehead atoms. The number of urea groups is 1. The predicted molar refractivity (Wildman–Crippen MR) is 126 cm³/mol. The van der Waals surface area contributed by atoms with Gasteiger partial charge in [0, 0.05) is 11.9 Å². The van der Waals surface area contributed by atoms with Gasteiger partial charge in [-0.15, -0.1) is 0 Å². The highest BCUT2D eigenvalue weighted by atomic mass is 19.1. The molecular formula is C26H24FN3O4. The Morgan fingerprint density at radius 3 is 2.38 bits per heavy atom. The van der Waals surface area contributed by atoms with Gasteiger partial charge in [-0.05, 0) is 66.1 Å². The molecule has 174 valence electrons. The van der Waals surface area contributed by atoms with Crippen LogP contribution in [-0.4, -0.2) is 29.0 Å². The molecule has 0 aliphatic carbocycles. The molecule has 0 unspecified atom stereocenters. The van der Waals surface area contributed by atoms with E-state index in [-0.39, 0.29) is 11.3 Å². The fourth-order valence-corrected chi connectivity index (χ4v) is 3.60. The van der Waals surface area contributed by atoms with Gasteiger partial charge in [-0.3, -0.25) is 14.9 Å². The van der Waals surface area contributed by atoms with Gasteiger partial charge in [0.05, 0.1) is 12.2 Å². The van der Waals surface area contributed by atoms with Crippen LogP contribution in [0.1, 0.15) is 31.0 Å². The first-order valence-corrected chi connectivity index (χ1v) is 10.9. The van der Waals surface area contributed by atoms with Gasteiger partial charge in [0.2, 0.25) is 0 Å². The standard InChI is InChI=1S/C26H24FN3O4/c1-17(2)18-5-11-22(12-6-18)34-15-14-29-13-3-4-21(29)16-23-24(31)28-26(33)30(25(23)32)20-9-7-19(27)8-10-20/h3-13,16-17H,14-15H2,1-2H3,(H,28,31,33). The molecule has 4 rings (SSSR count). The number of carbonyl (C=O) groups is 3. The molecule has 4 amide bonds. The second-order valence-corrected chi connectivity index (χ2v) is 8.13. The van der Waals surface area contributed by atoms with Gasteiger partial charge >= 0.3 is 6.03 Å². The number of ether oxygens (including phenoxy) is 1. The van der Waals surface area contributed by atoms with E-state index in [4.69, 9.17) is 4.74 Å². The van der Waals surface area contributed by atoms with Crippen LogP contribution in [0.4, 0.5) is 14.9 Å². The van der Waals surface area contributed by atoms with Gasteiger partial charge < -0.3 is 9.30 Å². The molecule has 1 N–H and O–H groups in total. The molecule has 1 aliphatic heterocycles. The molecule has 1 saturated heterocycles. The van der Waals surface area contributed by atoms with E-state index in [1.165, 1.54) is 23.8 Å². The van der Waals surface area contributed by atoms with E-state index in [1.54, 1.807) is 12.1 Å². The first kappa shape index (κ1) is 23.0. The molecule has 1 aliphatic rings. The number of nitrogens with zero attached hydrogens (tertiary/aromatic N) is 2. The normalized spacial score (nSPS) is 15.2. The van der Waals surface area contributed by atoms with Crippen molar-refractivity contribution in [3.8, 4) is 5.75 Å². The van der Waals surface area contributed by atoms with Crippen molar-refractivity contribution in [3.05, 3.63) is 89.5 Å². The van der Waals surface area contributed by atoms with Crippen molar-refractivity contribution in [3.63, 3.8) is 0 Å². The van der Waals surface area contributed by atoms with Crippen LogP contribution in [0.5, 0.6) is 5.75 Å². The Kier molecular flexibility index (Phi) is 6.58. The van der Waals surface area contributed by atoms with Gasteiger partial charge in [-0.25, -0.2) is 14.1 Å². The highest BCUT2D eigenvalue weighted by molar-refractivity contribution is 6.39. The Morgan fingerprint density at radius 1 is 1.00 bits per heavy atom. The largest absolute Gasteiger partial charge is 0.492 e. The minimum absolute atomic E-state index is 0.162. The Balaban J connectivity index is 1.48. The van der Waals surface area contributed by atoms with Crippen molar-refractivity contribution in [2.24, 2.45) is 0 Å². The fraction of sp³-hybridized carbons (Fsp3) is 0.192. The lowest BCUT2D eigenvalue weighted by Gasteiger charge is -2.26. The summed E-state index contributed by atoms with van der Waals surface area (Å²) in [6, 6.07) is 15.5. The number of amides is 4. The SMILES string of the molecule is CC(C)c1ccc(OCCn2cccc2C=C2C(=O)NC(=O)N(c3ccc(F)cc3)C2=O)cc1. The Morgan fingerprint density at radius 2 is 1.71 bits per heavy atom. The van der Waals surface area contributed by atoms with E-state index in [9.17, 15) is 18.8 Å². The summed E-state index contributed by atoms with van der Waals surface area (Å²) < 4.78 is 20.9. The highest BCUT2D eigenvalue weighted by Gasteiger charge is 2.37. The third-order valence-corrected chi connectivity index (χ3v) is 5.49. The number of hydrogen-bond donors (Lipinski definition) is 1. The van der Waals surface area contributed by atoms with E-state index >= 15 is 0 Å². The van der Waals surface area contributed by atoms with Crippen LogP contribution >= 0.6 is 0 Å². The summed E-state index contributed by atoms with van der Waals surface area (Å²) >= 11 is 0. The number of benzene rings is 2. The third-order valence-electron chi connectivity index (χ3n) is 5.49. The van der Waals surface area contributed by atoms with Gasteiger partial charge in [0.1, 0.15) is 23.7 Å². The zero-order valence-corrected chi connectivity index (χ0v) is 18.8. The lowest BCUT2D eigenvalue weighted by Crippen LogP contribution is -2.54. The Labute approximate surface area is 196 Å². The Hall–Kier alpha value is -4.20. The molecular weight excluding hydrogens is 437 g/mol. The first-order chi connectivity index (χ1) is 16.3. The number of aromatic nitrogens is 1. The zero-order chi connectivity index (χ0) is 24.2.